The first kappa shape index (κ1) is 12.2. The summed E-state index contributed by atoms with van der Waals surface area (Å²) in [6.45, 7) is 0.663. The molecule has 0 aromatic heterocycles. The molecule has 2 heterocycles. The molecule has 1 aromatic carbocycles. The van der Waals surface area contributed by atoms with Gasteiger partial charge in [-0.3, -0.25) is 4.72 Å². The lowest BCUT2D eigenvalue weighted by Gasteiger charge is -2.20. The van der Waals surface area contributed by atoms with E-state index < -0.39 is 10.2 Å². The van der Waals surface area contributed by atoms with Crippen molar-refractivity contribution in [3.8, 4) is 5.75 Å². The molecule has 1 aromatic rings. The molecule has 1 atom stereocenters. The molecule has 7 nitrogen and oxygen atoms in total. The van der Waals surface area contributed by atoms with Gasteiger partial charge in [0.1, 0.15) is 5.75 Å². The highest BCUT2D eigenvalue weighted by molar-refractivity contribution is 7.91. The van der Waals surface area contributed by atoms with E-state index in [0.717, 1.165) is 12.8 Å². The van der Waals surface area contributed by atoms with Crippen LogP contribution in [0.15, 0.2) is 22.6 Å². The summed E-state index contributed by atoms with van der Waals surface area (Å²) in [5, 5.41) is 0. The van der Waals surface area contributed by atoms with E-state index in [4.69, 9.17) is 15.2 Å². The standard InChI is InChI=1S/C11H13N3O4S/c12-11-10-7(13-19(15,16)14-11)3-1-4-8(10)18-9-5-2-6-17-9/h1,3-4,9,13H,2,5-6H2,(H2,12,14). The Morgan fingerprint density at radius 1 is 1.47 bits per heavy atom. The van der Waals surface area contributed by atoms with Crippen LogP contribution in [0.25, 0.3) is 0 Å². The number of rotatable bonds is 2. The zero-order valence-corrected chi connectivity index (χ0v) is 10.8. The van der Waals surface area contributed by atoms with Crippen molar-refractivity contribution in [2.24, 2.45) is 10.1 Å². The number of nitrogens with zero attached hydrogens (tertiary/aromatic N) is 1. The minimum absolute atomic E-state index is 0.0812. The van der Waals surface area contributed by atoms with Crippen molar-refractivity contribution in [1.29, 1.82) is 0 Å². The number of ether oxygens (including phenoxy) is 2. The fourth-order valence-electron chi connectivity index (χ4n) is 2.10. The fourth-order valence-corrected chi connectivity index (χ4v) is 2.94. The van der Waals surface area contributed by atoms with Crippen molar-refractivity contribution in [2.75, 3.05) is 11.3 Å². The van der Waals surface area contributed by atoms with Gasteiger partial charge in [0.25, 0.3) is 0 Å². The van der Waals surface area contributed by atoms with Gasteiger partial charge in [0, 0.05) is 6.42 Å². The van der Waals surface area contributed by atoms with Gasteiger partial charge in [-0.05, 0) is 18.6 Å². The van der Waals surface area contributed by atoms with E-state index in [1.807, 2.05) is 0 Å². The Kier molecular flexibility index (Phi) is 2.83. The smallest absolute Gasteiger partial charge is 0.344 e. The quantitative estimate of drug-likeness (QED) is 0.826. The molecule has 8 heteroatoms. The maximum atomic E-state index is 11.4. The highest BCUT2D eigenvalue weighted by Crippen LogP contribution is 2.32. The Hall–Kier alpha value is -1.80. The normalized spacial score (nSPS) is 24.2. The predicted molar refractivity (Wildman–Crippen MR) is 69.3 cm³/mol. The van der Waals surface area contributed by atoms with E-state index in [-0.39, 0.29) is 12.1 Å². The van der Waals surface area contributed by atoms with E-state index >= 15 is 0 Å². The van der Waals surface area contributed by atoms with Gasteiger partial charge in [0.15, 0.2) is 12.1 Å². The van der Waals surface area contributed by atoms with E-state index in [1.165, 1.54) is 0 Å². The highest BCUT2D eigenvalue weighted by Gasteiger charge is 2.26. The summed E-state index contributed by atoms with van der Waals surface area (Å²) in [6.07, 6.45) is 1.42. The zero-order valence-electron chi connectivity index (χ0n) is 10.00. The average Bonchev–Trinajstić information content (AvgIpc) is 2.79. The summed E-state index contributed by atoms with van der Waals surface area (Å²) in [5.41, 5.74) is 6.52. The van der Waals surface area contributed by atoms with Crippen LogP contribution in [0.2, 0.25) is 0 Å². The molecule has 2 aliphatic heterocycles. The third-order valence-corrected chi connectivity index (χ3v) is 3.80. The molecule has 2 aliphatic rings. The molecule has 0 bridgehead atoms. The molecule has 3 N–H and O–H groups in total. The van der Waals surface area contributed by atoms with Gasteiger partial charge in [0.2, 0.25) is 0 Å². The van der Waals surface area contributed by atoms with Crippen LogP contribution in [0.4, 0.5) is 5.69 Å². The SMILES string of the molecule is NC1=NS(=O)(=O)Nc2cccc(OC3CCCO3)c21. The number of hydrogen-bond donors (Lipinski definition) is 2. The Morgan fingerprint density at radius 2 is 2.32 bits per heavy atom. The van der Waals surface area contributed by atoms with Crippen LogP contribution in [0.5, 0.6) is 5.75 Å². The summed E-state index contributed by atoms with van der Waals surface area (Å²) in [7, 11) is -3.76. The number of nitrogens with two attached hydrogens (primary N) is 1. The van der Waals surface area contributed by atoms with Gasteiger partial charge in [-0.25, -0.2) is 0 Å². The number of nitrogens with one attached hydrogen (secondary N) is 1. The predicted octanol–water partition coefficient (Wildman–Crippen LogP) is 0.577. The highest BCUT2D eigenvalue weighted by atomic mass is 32.2. The molecule has 1 fully saturated rings. The maximum absolute atomic E-state index is 11.4. The molecule has 1 unspecified atom stereocenters. The molecule has 0 saturated carbocycles. The lowest BCUT2D eigenvalue weighted by atomic mass is 10.1. The molecule has 0 aliphatic carbocycles. The summed E-state index contributed by atoms with van der Waals surface area (Å²) < 4.78 is 39.7. The van der Waals surface area contributed by atoms with Crippen molar-refractivity contribution in [2.45, 2.75) is 19.1 Å². The second kappa shape index (κ2) is 4.39. The van der Waals surface area contributed by atoms with E-state index in [9.17, 15) is 8.42 Å². The second-order valence-corrected chi connectivity index (χ2v) is 5.63. The first-order valence-electron chi connectivity index (χ1n) is 5.85. The third kappa shape index (κ3) is 2.36. The van der Waals surface area contributed by atoms with Crippen LogP contribution in [0.3, 0.4) is 0 Å². The molecule has 0 amide bonds. The molecule has 19 heavy (non-hydrogen) atoms. The number of anilines is 1. The topological polar surface area (TPSA) is 103 Å². The van der Waals surface area contributed by atoms with E-state index in [2.05, 4.69) is 9.12 Å². The van der Waals surface area contributed by atoms with Crippen LogP contribution in [-0.2, 0) is 14.9 Å². The van der Waals surface area contributed by atoms with Crippen LogP contribution in [0.1, 0.15) is 18.4 Å². The van der Waals surface area contributed by atoms with E-state index in [1.54, 1.807) is 18.2 Å². The first-order valence-corrected chi connectivity index (χ1v) is 7.29. The summed E-state index contributed by atoms with van der Waals surface area (Å²) >= 11 is 0. The number of hydrogen-bond acceptors (Lipinski definition) is 5. The minimum Gasteiger partial charge on any atom is -0.464 e. The van der Waals surface area contributed by atoms with Gasteiger partial charge < -0.3 is 15.2 Å². The largest absolute Gasteiger partial charge is 0.464 e. The van der Waals surface area contributed by atoms with Crippen molar-refractivity contribution in [3.05, 3.63) is 23.8 Å². The Morgan fingerprint density at radius 3 is 3.05 bits per heavy atom. The summed E-state index contributed by atoms with van der Waals surface area (Å²) in [4.78, 5) is 0. The van der Waals surface area contributed by atoms with Gasteiger partial charge in [-0.15, -0.1) is 4.40 Å². The van der Waals surface area contributed by atoms with Gasteiger partial charge in [-0.2, -0.15) is 8.42 Å². The van der Waals surface area contributed by atoms with Crippen LogP contribution in [-0.4, -0.2) is 27.2 Å². The van der Waals surface area contributed by atoms with Gasteiger partial charge in [0.05, 0.1) is 17.9 Å². The van der Waals surface area contributed by atoms with Gasteiger partial charge >= 0.3 is 10.2 Å². The Labute approximate surface area is 110 Å². The van der Waals surface area contributed by atoms with Crippen LogP contribution in [0, 0.1) is 0 Å². The number of amidine groups is 1. The molecular formula is C11H13N3O4S. The monoisotopic (exact) mass is 283 g/mol. The zero-order chi connectivity index (χ0) is 13.5. The lowest BCUT2D eigenvalue weighted by Crippen LogP contribution is -2.28. The van der Waals surface area contributed by atoms with Crippen LogP contribution < -0.4 is 15.2 Å². The first-order chi connectivity index (χ1) is 9.05. The number of benzene rings is 1. The molecular weight excluding hydrogens is 270 g/mol. The Balaban J connectivity index is 1.99. The molecule has 0 radical (unpaired) electrons. The van der Waals surface area contributed by atoms with Gasteiger partial charge in [-0.1, -0.05) is 6.07 Å². The fraction of sp³-hybridized carbons (Fsp3) is 0.364. The average molecular weight is 283 g/mol. The van der Waals surface area contributed by atoms with Crippen molar-refractivity contribution < 1.29 is 17.9 Å². The van der Waals surface area contributed by atoms with Crippen molar-refractivity contribution >= 4 is 21.7 Å². The summed E-state index contributed by atoms with van der Waals surface area (Å²) in [6, 6.07) is 5.00. The Bertz CT molecular complexity index is 635. The van der Waals surface area contributed by atoms with Crippen molar-refractivity contribution in [1.82, 2.24) is 0 Å². The number of fused-ring (bicyclic) bond motifs is 1. The second-order valence-electron chi connectivity index (χ2n) is 4.29. The molecule has 3 rings (SSSR count). The molecule has 0 spiro atoms. The van der Waals surface area contributed by atoms with Crippen LogP contribution >= 0.6 is 0 Å². The third-order valence-electron chi connectivity index (χ3n) is 2.89. The lowest BCUT2D eigenvalue weighted by molar-refractivity contribution is -0.0391. The van der Waals surface area contributed by atoms with E-state index in [0.29, 0.717) is 23.6 Å². The van der Waals surface area contributed by atoms with Crippen molar-refractivity contribution in [3.63, 3.8) is 0 Å². The minimum atomic E-state index is -3.76. The molecule has 1 saturated heterocycles. The maximum Gasteiger partial charge on any atom is 0.344 e. The molecule has 102 valence electrons. The summed E-state index contributed by atoms with van der Waals surface area (Å²) in [5.74, 6) is 0.385.